The van der Waals surface area contributed by atoms with E-state index in [0.717, 1.165) is 16.5 Å². The number of anilines is 1. The van der Waals surface area contributed by atoms with Crippen LogP contribution in [0.4, 0.5) is 5.69 Å². The number of carbonyl (C=O) groups is 2. The van der Waals surface area contributed by atoms with Gasteiger partial charge in [-0.2, -0.15) is 0 Å². The van der Waals surface area contributed by atoms with E-state index in [2.05, 4.69) is 10.3 Å². The first-order valence-corrected chi connectivity index (χ1v) is 8.83. The van der Waals surface area contributed by atoms with Gasteiger partial charge < -0.3 is 10.2 Å². The second-order valence-electron chi connectivity index (χ2n) is 5.97. The fraction of sp³-hybridized carbons (Fsp3) is 0.278. The van der Waals surface area contributed by atoms with Crippen LogP contribution in [0.3, 0.4) is 0 Å². The van der Waals surface area contributed by atoms with Gasteiger partial charge in [0.2, 0.25) is 5.91 Å². The molecule has 26 heavy (non-hydrogen) atoms. The topological polar surface area (TPSA) is 65.5 Å². The van der Waals surface area contributed by atoms with Crippen LogP contribution in [0.25, 0.3) is 0 Å². The van der Waals surface area contributed by atoms with Crippen molar-refractivity contribution in [3.05, 3.63) is 48.2 Å². The Morgan fingerprint density at radius 1 is 1.23 bits per heavy atom. The van der Waals surface area contributed by atoms with E-state index in [1.165, 1.54) is 16.7 Å². The second-order valence-corrected chi connectivity index (χ2v) is 7.00. The molecule has 0 fully saturated rings. The number of hydrogen-bond donors (Lipinski definition) is 1. The normalized spacial score (nSPS) is 12.7. The molecule has 2 aromatic rings. The van der Waals surface area contributed by atoms with Crippen LogP contribution >= 0.6 is 24.2 Å². The number of aromatic nitrogens is 1. The fourth-order valence-electron chi connectivity index (χ4n) is 2.53. The lowest BCUT2D eigenvalue weighted by Crippen LogP contribution is -2.42. The maximum Gasteiger partial charge on any atom is 0.259 e. The average Bonchev–Trinajstić information content (AvgIpc) is 2.70. The molecule has 2 heterocycles. The molecule has 0 radical (unpaired) electrons. The lowest BCUT2D eigenvalue weighted by Gasteiger charge is -2.22. The molecule has 0 saturated heterocycles. The summed E-state index contributed by atoms with van der Waals surface area (Å²) in [5.74, 6) is -0.369. The lowest BCUT2D eigenvalue weighted by molar-refractivity contribution is -0.119. The van der Waals surface area contributed by atoms with Crippen molar-refractivity contribution < 1.29 is 9.59 Å². The van der Waals surface area contributed by atoms with E-state index in [1.54, 1.807) is 18.3 Å². The minimum Gasteiger partial charge on any atom is -0.353 e. The third-order valence-corrected chi connectivity index (χ3v) is 4.88. The number of carbonyl (C=O) groups excluding carboxylic acids is 2. The van der Waals surface area contributed by atoms with Crippen molar-refractivity contribution in [3.63, 3.8) is 0 Å². The van der Waals surface area contributed by atoms with Crippen LogP contribution in [-0.4, -0.2) is 55.4 Å². The number of fused-ring (bicyclic) bond motifs is 2. The predicted octanol–water partition coefficient (Wildman–Crippen LogP) is 2.29. The number of halogens is 1. The molecule has 8 heteroatoms. The van der Waals surface area contributed by atoms with Gasteiger partial charge in [-0.1, -0.05) is 23.9 Å². The predicted molar refractivity (Wildman–Crippen MR) is 105 cm³/mol. The first-order valence-electron chi connectivity index (χ1n) is 8.01. The van der Waals surface area contributed by atoms with Gasteiger partial charge in [0.25, 0.3) is 5.91 Å². The van der Waals surface area contributed by atoms with Gasteiger partial charge in [0.15, 0.2) is 0 Å². The van der Waals surface area contributed by atoms with E-state index in [1.807, 2.05) is 43.3 Å². The fourth-order valence-corrected chi connectivity index (χ4v) is 3.55. The second kappa shape index (κ2) is 9.02. The van der Waals surface area contributed by atoms with Crippen molar-refractivity contribution in [1.29, 1.82) is 0 Å². The van der Waals surface area contributed by atoms with Gasteiger partial charge in [0, 0.05) is 24.2 Å². The lowest BCUT2D eigenvalue weighted by atomic mass is 10.2. The number of hydrogen-bond acceptors (Lipinski definition) is 5. The number of pyridine rings is 1. The van der Waals surface area contributed by atoms with Crippen molar-refractivity contribution in [3.8, 4) is 0 Å². The number of rotatable bonds is 5. The molecule has 6 nitrogen and oxygen atoms in total. The number of amides is 2. The zero-order valence-electron chi connectivity index (χ0n) is 14.6. The molecule has 3 rings (SSSR count). The summed E-state index contributed by atoms with van der Waals surface area (Å²) < 4.78 is 0. The highest BCUT2D eigenvalue weighted by molar-refractivity contribution is 7.99. The summed E-state index contributed by atoms with van der Waals surface area (Å²) in [5, 5.41) is 3.58. The Bertz CT molecular complexity index is 800. The molecule has 0 atom stereocenters. The van der Waals surface area contributed by atoms with E-state index < -0.39 is 0 Å². The Labute approximate surface area is 163 Å². The molecule has 0 spiro atoms. The van der Waals surface area contributed by atoms with Gasteiger partial charge in [-0.3, -0.25) is 14.5 Å². The van der Waals surface area contributed by atoms with E-state index in [-0.39, 0.29) is 30.8 Å². The largest absolute Gasteiger partial charge is 0.353 e. The molecule has 0 unspecified atom stereocenters. The maximum absolute atomic E-state index is 13.0. The highest BCUT2D eigenvalue weighted by Gasteiger charge is 2.29. The zero-order valence-corrected chi connectivity index (χ0v) is 16.3. The van der Waals surface area contributed by atoms with E-state index >= 15 is 0 Å². The number of likely N-dealkylation sites (N-methyl/N-ethyl adjacent to an activating group) is 1. The van der Waals surface area contributed by atoms with E-state index in [9.17, 15) is 9.59 Å². The van der Waals surface area contributed by atoms with Gasteiger partial charge in [-0.05, 0) is 38.4 Å². The summed E-state index contributed by atoms with van der Waals surface area (Å²) in [7, 11) is 3.89. The Morgan fingerprint density at radius 2 is 2.00 bits per heavy atom. The molecule has 0 saturated carbocycles. The molecule has 1 N–H and O–H groups in total. The smallest absolute Gasteiger partial charge is 0.259 e. The van der Waals surface area contributed by atoms with Crippen LogP contribution in [0.2, 0.25) is 0 Å². The molecule has 138 valence electrons. The third-order valence-electron chi connectivity index (χ3n) is 3.79. The van der Waals surface area contributed by atoms with Crippen molar-refractivity contribution >= 4 is 41.7 Å². The highest BCUT2D eigenvalue weighted by Crippen LogP contribution is 2.39. The summed E-state index contributed by atoms with van der Waals surface area (Å²) in [4.78, 5) is 34.1. The first-order chi connectivity index (χ1) is 12.1. The van der Waals surface area contributed by atoms with Crippen LogP contribution in [0.1, 0.15) is 10.4 Å². The summed E-state index contributed by atoms with van der Waals surface area (Å²) in [6.07, 6.45) is 1.69. The first kappa shape index (κ1) is 20.2. The van der Waals surface area contributed by atoms with Gasteiger partial charge in [-0.25, -0.2) is 4.98 Å². The van der Waals surface area contributed by atoms with E-state index in [4.69, 9.17) is 0 Å². The van der Waals surface area contributed by atoms with Gasteiger partial charge in [0.1, 0.15) is 11.6 Å². The molecular formula is C18H21ClN4O2S. The summed E-state index contributed by atoms with van der Waals surface area (Å²) in [5.41, 5.74) is 1.25. The van der Waals surface area contributed by atoms with Crippen LogP contribution in [0.5, 0.6) is 0 Å². The average molecular weight is 393 g/mol. The Hall–Kier alpha value is -2.09. The van der Waals surface area contributed by atoms with Crippen molar-refractivity contribution in [1.82, 2.24) is 15.2 Å². The molecule has 2 amide bonds. The Balaban J connectivity index is 0.00000243. The third kappa shape index (κ3) is 4.55. The highest BCUT2D eigenvalue weighted by atomic mass is 35.5. The molecule has 1 aliphatic heterocycles. The summed E-state index contributed by atoms with van der Waals surface area (Å²) >= 11 is 1.45. The Morgan fingerprint density at radius 3 is 2.77 bits per heavy atom. The summed E-state index contributed by atoms with van der Waals surface area (Å²) in [6, 6.07) is 11.0. The molecule has 1 aliphatic rings. The SMILES string of the molecule is CN(C)CCNC(=O)CN1C(=O)c2ccccc2Sc2ncccc21.Cl. The van der Waals surface area contributed by atoms with Crippen molar-refractivity contribution in [2.24, 2.45) is 0 Å². The maximum atomic E-state index is 13.0. The minimum atomic E-state index is -0.186. The van der Waals surface area contributed by atoms with Crippen LogP contribution < -0.4 is 10.2 Å². The van der Waals surface area contributed by atoms with Crippen molar-refractivity contribution in [2.75, 3.05) is 38.6 Å². The molecular weight excluding hydrogens is 372 g/mol. The van der Waals surface area contributed by atoms with Gasteiger partial charge >= 0.3 is 0 Å². The molecule has 0 bridgehead atoms. The van der Waals surface area contributed by atoms with Gasteiger partial charge in [0.05, 0.1) is 11.3 Å². The number of nitrogens with zero attached hydrogens (tertiary/aromatic N) is 3. The van der Waals surface area contributed by atoms with Gasteiger partial charge in [-0.15, -0.1) is 12.4 Å². The number of benzene rings is 1. The minimum absolute atomic E-state index is 0. The van der Waals surface area contributed by atoms with E-state index in [0.29, 0.717) is 17.8 Å². The van der Waals surface area contributed by atoms with Crippen LogP contribution in [0.15, 0.2) is 52.5 Å². The molecule has 0 aliphatic carbocycles. The van der Waals surface area contributed by atoms with Crippen molar-refractivity contribution in [2.45, 2.75) is 9.92 Å². The monoisotopic (exact) mass is 392 g/mol. The Kier molecular flexibility index (Phi) is 7.02. The van der Waals surface area contributed by atoms with Crippen LogP contribution in [0, 0.1) is 0 Å². The zero-order chi connectivity index (χ0) is 17.8. The summed E-state index contributed by atoms with van der Waals surface area (Å²) in [6.45, 7) is 1.26. The molecule has 1 aromatic heterocycles. The quantitative estimate of drug-likeness (QED) is 0.845. The molecule has 1 aromatic carbocycles. The van der Waals surface area contributed by atoms with Crippen LogP contribution in [-0.2, 0) is 4.79 Å². The number of nitrogens with one attached hydrogen (secondary N) is 1. The standard InChI is InChI=1S/C18H20N4O2S.ClH/c1-21(2)11-10-19-16(23)12-22-14-7-5-9-20-17(14)25-15-8-4-3-6-13(15)18(22)24;/h3-9H,10-12H2,1-2H3,(H,19,23);1H.